The molecule has 2 N–H and O–H groups in total. The Morgan fingerprint density at radius 2 is 1.83 bits per heavy atom. The molecular weight excluding hydrogens is 292 g/mol. The number of ether oxygens (including phenoxy) is 1. The molecule has 0 saturated heterocycles. The minimum Gasteiger partial charge on any atom is -0.508 e. The highest BCUT2D eigenvalue weighted by molar-refractivity contribution is 5.76. The summed E-state index contributed by atoms with van der Waals surface area (Å²) in [6.45, 7) is 4.79. The molecule has 1 atom stereocenters. The second kappa shape index (κ2) is 7.68. The molecular formula is C19H22O4. The van der Waals surface area contributed by atoms with Crippen molar-refractivity contribution in [3.8, 4) is 11.5 Å². The lowest BCUT2D eigenvalue weighted by Crippen LogP contribution is -2.14. The summed E-state index contributed by atoms with van der Waals surface area (Å²) in [5.41, 5.74) is 1.58. The van der Waals surface area contributed by atoms with Gasteiger partial charge in [0, 0.05) is 0 Å². The van der Waals surface area contributed by atoms with Crippen molar-refractivity contribution in [2.45, 2.75) is 26.2 Å². The van der Waals surface area contributed by atoms with Crippen LogP contribution in [0.4, 0.5) is 0 Å². The van der Waals surface area contributed by atoms with Crippen LogP contribution in [0.3, 0.4) is 0 Å². The quantitative estimate of drug-likeness (QED) is 0.815. The van der Waals surface area contributed by atoms with E-state index >= 15 is 0 Å². The highest BCUT2D eigenvalue weighted by atomic mass is 16.5. The van der Waals surface area contributed by atoms with Crippen molar-refractivity contribution in [1.82, 2.24) is 0 Å². The van der Waals surface area contributed by atoms with Gasteiger partial charge < -0.3 is 14.9 Å². The number of hydrogen-bond acceptors (Lipinski definition) is 3. The lowest BCUT2D eigenvalue weighted by Gasteiger charge is -2.14. The number of benzene rings is 2. The molecule has 2 aromatic carbocycles. The molecule has 0 aromatic heterocycles. The molecule has 122 valence electrons. The van der Waals surface area contributed by atoms with E-state index in [9.17, 15) is 15.0 Å². The van der Waals surface area contributed by atoms with E-state index in [0.29, 0.717) is 24.5 Å². The molecule has 0 aliphatic rings. The molecule has 4 heteroatoms. The van der Waals surface area contributed by atoms with E-state index in [0.717, 1.165) is 11.3 Å². The largest absolute Gasteiger partial charge is 0.508 e. The van der Waals surface area contributed by atoms with E-state index < -0.39 is 11.9 Å². The predicted octanol–water partition coefficient (Wildman–Crippen LogP) is 3.84. The van der Waals surface area contributed by atoms with Crippen LogP contribution >= 0.6 is 0 Å². The Balaban J connectivity index is 2.15. The Labute approximate surface area is 136 Å². The maximum atomic E-state index is 11.6. The second-order valence-corrected chi connectivity index (χ2v) is 6.04. The number of carbonyl (C=O) groups is 1. The summed E-state index contributed by atoms with van der Waals surface area (Å²) in [5.74, 6) is -0.226. The Bertz CT molecular complexity index is 647. The fraction of sp³-hybridized carbons (Fsp3) is 0.316. The molecule has 0 spiro atoms. The first-order valence-electron chi connectivity index (χ1n) is 7.69. The summed E-state index contributed by atoms with van der Waals surface area (Å²) >= 11 is 0. The second-order valence-electron chi connectivity index (χ2n) is 6.04. The number of aromatic hydroxyl groups is 1. The zero-order valence-electron chi connectivity index (χ0n) is 13.4. The fourth-order valence-electron chi connectivity index (χ4n) is 2.32. The Morgan fingerprint density at radius 3 is 2.43 bits per heavy atom. The van der Waals surface area contributed by atoms with E-state index in [4.69, 9.17) is 4.74 Å². The Morgan fingerprint density at radius 1 is 1.13 bits per heavy atom. The minimum atomic E-state index is -0.885. The van der Waals surface area contributed by atoms with Crippen molar-refractivity contribution in [2.24, 2.45) is 5.92 Å². The molecule has 0 saturated carbocycles. The SMILES string of the molecule is CC(C)COc1cccc(CC(C(=O)O)c2ccc(O)cc2)c1. The van der Waals surface area contributed by atoms with Gasteiger partial charge in [-0.1, -0.05) is 38.1 Å². The molecule has 4 nitrogen and oxygen atoms in total. The summed E-state index contributed by atoms with van der Waals surface area (Å²) < 4.78 is 5.69. The van der Waals surface area contributed by atoms with Crippen molar-refractivity contribution in [2.75, 3.05) is 6.61 Å². The number of carboxylic acid groups (broad SMARTS) is 1. The van der Waals surface area contributed by atoms with E-state index in [1.54, 1.807) is 12.1 Å². The molecule has 2 rings (SSSR count). The third-order valence-electron chi connectivity index (χ3n) is 3.52. The van der Waals surface area contributed by atoms with Crippen molar-refractivity contribution in [3.05, 3.63) is 59.7 Å². The topological polar surface area (TPSA) is 66.8 Å². The normalized spacial score (nSPS) is 12.1. The number of aliphatic carboxylic acids is 1. The molecule has 0 radical (unpaired) electrons. The number of rotatable bonds is 7. The van der Waals surface area contributed by atoms with Gasteiger partial charge in [0.1, 0.15) is 11.5 Å². The lowest BCUT2D eigenvalue weighted by atomic mass is 9.92. The van der Waals surface area contributed by atoms with Crippen LogP contribution in [-0.4, -0.2) is 22.8 Å². The van der Waals surface area contributed by atoms with E-state index in [1.165, 1.54) is 12.1 Å². The van der Waals surface area contributed by atoms with Gasteiger partial charge in [0.15, 0.2) is 0 Å². The number of hydrogen-bond donors (Lipinski definition) is 2. The standard InChI is InChI=1S/C19H22O4/c1-13(2)12-23-17-5-3-4-14(10-17)11-18(19(21)22)15-6-8-16(20)9-7-15/h3-10,13,18,20H,11-12H2,1-2H3,(H,21,22). The monoisotopic (exact) mass is 314 g/mol. The van der Waals surface area contributed by atoms with Crippen molar-refractivity contribution < 1.29 is 19.7 Å². The summed E-state index contributed by atoms with van der Waals surface area (Å²) in [7, 11) is 0. The van der Waals surface area contributed by atoms with E-state index in [1.807, 2.05) is 24.3 Å². The summed E-state index contributed by atoms with van der Waals surface area (Å²) in [4.78, 5) is 11.6. The molecule has 2 aromatic rings. The van der Waals surface area contributed by atoms with Crippen molar-refractivity contribution in [3.63, 3.8) is 0 Å². The van der Waals surface area contributed by atoms with Crippen LogP contribution in [-0.2, 0) is 11.2 Å². The predicted molar refractivity (Wildman–Crippen MR) is 89.0 cm³/mol. The van der Waals surface area contributed by atoms with Crippen LogP contribution in [0.5, 0.6) is 11.5 Å². The van der Waals surface area contributed by atoms with Crippen LogP contribution < -0.4 is 4.74 Å². The molecule has 0 amide bonds. The maximum absolute atomic E-state index is 11.6. The summed E-state index contributed by atoms with van der Waals surface area (Å²) in [6.07, 6.45) is 0.374. The molecule has 0 heterocycles. The van der Waals surface area contributed by atoms with Crippen LogP contribution in [0.25, 0.3) is 0 Å². The highest BCUT2D eigenvalue weighted by Gasteiger charge is 2.20. The van der Waals surface area contributed by atoms with Crippen LogP contribution in [0.15, 0.2) is 48.5 Å². The fourth-order valence-corrected chi connectivity index (χ4v) is 2.32. The van der Waals surface area contributed by atoms with Gasteiger partial charge in [-0.15, -0.1) is 0 Å². The molecule has 0 bridgehead atoms. The van der Waals surface area contributed by atoms with Gasteiger partial charge in [0.25, 0.3) is 0 Å². The zero-order chi connectivity index (χ0) is 16.8. The van der Waals surface area contributed by atoms with Gasteiger partial charge >= 0.3 is 5.97 Å². The first kappa shape index (κ1) is 16.9. The van der Waals surface area contributed by atoms with E-state index in [-0.39, 0.29) is 5.75 Å². The summed E-state index contributed by atoms with van der Waals surface area (Å²) in [6, 6.07) is 13.8. The highest BCUT2D eigenvalue weighted by Crippen LogP contribution is 2.25. The van der Waals surface area contributed by atoms with Gasteiger partial charge in [0.2, 0.25) is 0 Å². The third kappa shape index (κ3) is 5.02. The van der Waals surface area contributed by atoms with Crippen LogP contribution in [0.2, 0.25) is 0 Å². The number of phenols is 1. The molecule has 23 heavy (non-hydrogen) atoms. The van der Waals surface area contributed by atoms with Gasteiger partial charge in [-0.3, -0.25) is 4.79 Å². The Kier molecular flexibility index (Phi) is 5.63. The van der Waals surface area contributed by atoms with Crippen molar-refractivity contribution >= 4 is 5.97 Å². The van der Waals surface area contributed by atoms with Gasteiger partial charge in [-0.2, -0.15) is 0 Å². The van der Waals surface area contributed by atoms with Crippen molar-refractivity contribution in [1.29, 1.82) is 0 Å². The van der Waals surface area contributed by atoms with Gasteiger partial charge in [-0.25, -0.2) is 0 Å². The van der Waals surface area contributed by atoms with E-state index in [2.05, 4.69) is 13.8 Å². The maximum Gasteiger partial charge on any atom is 0.311 e. The minimum absolute atomic E-state index is 0.127. The van der Waals surface area contributed by atoms with Gasteiger partial charge in [-0.05, 0) is 47.7 Å². The van der Waals surface area contributed by atoms with Crippen LogP contribution in [0.1, 0.15) is 30.9 Å². The summed E-state index contributed by atoms with van der Waals surface area (Å²) in [5, 5.41) is 18.9. The zero-order valence-corrected chi connectivity index (χ0v) is 13.4. The average molecular weight is 314 g/mol. The first-order chi connectivity index (χ1) is 11.0. The average Bonchev–Trinajstić information content (AvgIpc) is 2.52. The lowest BCUT2D eigenvalue weighted by molar-refractivity contribution is -0.138. The number of phenolic OH excluding ortho intramolecular Hbond substituents is 1. The first-order valence-corrected chi connectivity index (χ1v) is 7.69. The third-order valence-corrected chi connectivity index (χ3v) is 3.52. The van der Waals surface area contributed by atoms with Gasteiger partial charge in [0.05, 0.1) is 12.5 Å². The molecule has 0 fully saturated rings. The Hall–Kier alpha value is -2.49. The molecule has 0 aliphatic heterocycles. The smallest absolute Gasteiger partial charge is 0.311 e. The molecule has 0 aliphatic carbocycles. The number of carboxylic acids is 1. The molecule has 1 unspecified atom stereocenters. The van der Waals surface area contributed by atoms with Crippen LogP contribution in [0, 0.1) is 5.92 Å².